The Hall–Kier alpha value is -1.71. The molecule has 0 aliphatic heterocycles. The van der Waals surface area contributed by atoms with Crippen LogP contribution in [0.2, 0.25) is 0 Å². The van der Waals surface area contributed by atoms with Gasteiger partial charge in [-0.25, -0.2) is 0 Å². The number of aliphatic carboxylic acids is 1. The molecule has 0 spiro atoms. The standard InChI is InChI=1S/C10H9F3N4O2S/c11-10(12,13)8-14-15-9-17(8)16-6(20-9)4-2-1-3-5(4)7(18)19/h4-5H,1-3H2,(H,18,19). The topological polar surface area (TPSA) is 80.4 Å². The molecule has 6 nitrogen and oxygen atoms in total. The quantitative estimate of drug-likeness (QED) is 0.919. The van der Waals surface area contributed by atoms with Crippen LogP contribution >= 0.6 is 11.3 Å². The van der Waals surface area contributed by atoms with Crippen molar-refractivity contribution in [3.05, 3.63) is 10.8 Å². The number of halogens is 3. The van der Waals surface area contributed by atoms with Gasteiger partial charge in [-0.05, 0) is 12.8 Å². The third-order valence-corrected chi connectivity index (χ3v) is 4.44. The highest BCUT2D eigenvalue weighted by molar-refractivity contribution is 7.16. The Bertz CT molecular complexity index is 665. The summed E-state index contributed by atoms with van der Waals surface area (Å²) in [6.07, 6.45) is -2.77. The Morgan fingerprint density at radius 3 is 2.75 bits per heavy atom. The summed E-state index contributed by atoms with van der Waals surface area (Å²) in [6, 6.07) is 0. The Kier molecular flexibility index (Phi) is 2.92. The number of alkyl halides is 3. The fraction of sp³-hybridized carbons (Fsp3) is 0.600. The van der Waals surface area contributed by atoms with Gasteiger partial charge in [0.25, 0.3) is 5.82 Å². The SMILES string of the molecule is O=C(O)C1CCCC1c1nn2c(C(F)(F)F)nnc2s1. The second-order valence-electron chi connectivity index (χ2n) is 4.64. The largest absolute Gasteiger partial charge is 0.481 e. The highest BCUT2D eigenvalue weighted by Gasteiger charge is 2.40. The van der Waals surface area contributed by atoms with E-state index >= 15 is 0 Å². The molecule has 1 fully saturated rings. The first-order valence-corrected chi connectivity index (χ1v) is 6.71. The number of rotatable bonds is 2. The van der Waals surface area contributed by atoms with Crippen molar-refractivity contribution < 1.29 is 23.1 Å². The maximum absolute atomic E-state index is 12.7. The van der Waals surface area contributed by atoms with Gasteiger partial charge in [0.2, 0.25) is 4.96 Å². The maximum atomic E-state index is 12.7. The van der Waals surface area contributed by atoms with E-state index in [1.807, 2.05) is 0 Å². The minimum atomic E-state index is -4.63. The summed E-state index contributed by atoms with van der Waals surface area (Å²) in [5.41, 5.74) is 0. The van der Waals surface area contributed by atoms with Gasteiger partial charge in [-0.2, -0.15) is 22.8 Å². The molecule has 0 amide bonds. The molecule has 3 rings (SSSR count). The molecule has 1 N–H and O–H groups in total. The molecule has 20 heavy (non-hydrogen) atoms. The maximum Gasteiger partial charge on any atom is 0.453 e. The molecule has 2 aromatic heterocycles. The minimum absolute atomic E-state index is 0.0309. The van der Waals surface area contributed by atoms with E-state index in [4.69, 9.17) is 5.11 Å². The fourth-order valence-corrected chi connectivity index (χ4v) is 3.55. The van der Waals surface area contributed by atoms with Gasteiger partial charge in [0.15, 0.2) is 0 Å². The lowest BCUT2D eigenvalue weighted by Gasteiger charge is -2.11. The van der Waals surface area contributed by atoms with E-state index in [2.05, 4.69) is 15.3 Å². The first kappa shape index (κ1) is 13.3. The number of carbonyl (C=O) groups is 1. The first-order valence-electron chi connectivity index (χ1n) is 5.90. The van der Waals surface area contributed by atoms with Crippen LogP contribution in [0.4, 0.5) is 13.2 Å². The van der Waals surface area contributed by atoms with E-state index in [-0.39, 0.29) is 10.9 Å². The summed E-state index contributed by atoms with van der Waals surface area (Å²) in [6.45, 7) is 0. The molecule has 1 saturated carbocycles. The zero-order valence-electron chi connectivity index (χ0n) is 9.96. The fourth-order valence-electron chi connectivity index (χ4n) is 2.51. The van der Waals surface area contributed by atoms with Gasteiger partial charge < -0.3 is 5.11 Å². The van der Waals surface area contributed by atoms with E-state index in [0.717, 1.165) is 17.8 Å². The van der Waals surface area contributed by atoms with Gasteiger partial charge in [0, 0.05) is 5.92 Å². The Labute approximate surface area is 114 Å². The van der Waals surface area contributed by atoms with Crippen LogP contribution < -0.4 is 0 Å². The van der Waals surface area contributed by atoms with E-state index in [1.165, 1.54) is 0 Å². The number of aromatic nitrogens is 4. The Morgan fingerprint density at radius 2 is 2.10 bits per heavy atom. The van der Waals surface area contributed by atoms with Crippen molar-refractivity contribution >= 4 is 22.3 Å². The molecule has 0 saturated heterocycles. The molecule has 108 valence electrons. The van der Waals surface area contributed by atoms with Crippen LogP contribution in [0.15, 0.2) is 0 Å². The molecule has 2 aromatic rings. The molecule has 0 radical (unpaired) electrons. The molecule has 0 aromatic carbocycles. The zero-order chi connectivity index (χ0) is 14.5. The number of hydrogen-bond donors (Lipinski definition) is 1. The molecular weight excluding hydrogens is 297 g/mol. The van der Waals surface area contributed by atoms with Crippen LogP contribution in [0.1, 0.15) is 36.0 Å². The van der Waals surface area contributed by atoms with Crippen molar-refractivity contribution in [2.75, 3.05) is 0 Å². The minimum Gasteiger partial charge on any atom is -0.481 e. The summed E-state index contributed by atoms with van der Waals surface area (Å²) in [7, 11) is 0. The van der Waals surface area contributed by atoms with Gasteiger partial charge in [-0.15, -0.1) is 10.2 Å². The van der Waals surface area contributed by atoms with Gasteiger partial charge >= 0.3 is 12.1 Å². The lowest BCUT2D eigenvalue weighted by Crippen LogP contribution is -2.17. The summed E-state index contributed by atoms with van der Waals surface area (Å²) < 4.78 is 38.7. The Morgan fingerprint density at radius 1 is 1.35 bits per heavy atom. The van der Waals surface area contributed by atoms with Gasteiger partial charge in [-0.3, -0.25) is 4.79 Å². The molecule has 2 heterocycles. The van der Waals surface area contributed by atoms with Crippen molar-refractivity contribution in [1.82, 2.24) is 19.8 Å². The van der Waals surface area contributed by atoms with E-state index in [1.54, 1.807) is 0 Å². The van der Waals surface area contributed by atoms with Gasteiger partial charge in [0.1, 0.15) is 5.01 Å². The number of carboxylic acids is 1. The highest BCUT2D eigenvalue weighted by atomic mass is 32.1. The normalized spacial score (nSPS) is 23.6. The summed E-state index contributed by atoms with van der Waals surface area (Å²) in [5, 5.41) is 19.9. The third kappa shape index (κ3) is 2.03. The smallest absolute Gasteiger partial charge is 0.453 e. The second-order valence-corrected chi connectivity index (χ2v) is 5.63. The van der Waals surface area contributed by atoms with Crippen molar-refractivity contribution in [2.24, 2.45) is 5.92 Å². The Balaban J connectivity index is 2.01. The number of nitrogens with zero attached hydrogens (tertiary/aromatic N) is 4. The first-order chi connectivity index (χ1) is 9.38. The summed E-state index contributed by atoms with van der Waals surface area (Å²) in [5.74, 6) is -3.05. The molecule has 1 aliphatic rings. The van der Waals surface area contributed by atoms with Crippen LogP contribution in [0.25, 0.3) is 4.96 Å². The van der Waals surface area contributed by atoms with Crippen molar-refractivity contribution in [3.63, 3.8) is 0 Å². The van der Waals surface area contributed by atoms with E-state index in [0.29, 0.717) is 22.4 Å². The number of carboxylic acid groups (broad SMARTS) is 1. The van der Waals surface area contributed by atoms with Crippen molar-refractivity contribution in [3.8, 4) is 0 Å². The van der Waals surface area contributed by atoms with Crippen LogP contribution in [-0.4, -0.2) is 30.9 Å². The zero-order valence-corrected chi connectivity index (χ0v) is 10.8. The molecular formula is C10H9F3N4O2S. The molecule has 1 aliphatic carbocycles. The highest BCUT2D eigenvalue weighted by Crippen LogP contribution is 2.41. The lowest BCUT2D eigenvalue weighted by molar-refractivity contribution is -0.146. The monoisotopic (exact) mass is 306 g/mol. The van der Waals surface area contributed by atoms with Crippen LogP contribution in [0, 0.1) is 5.92 Å². The summed E-state index contributed by atoms with van der Waals surface area (Å²) >= 11 is 0.968. The summed E-state index contributed by atoms with van der Waals surface area (Å²) in [4.78, 5) is 11.2. The van der Waals surface area contributed by atoms with E-state index < -0.39 is 23.9 Å². The van der Waals surface area contributed by atoms with Crippen LogP contribution in [0.3, 0.4) is 0 Å². The van der Waals surface area contributed by atoms with Crippen LogP contribution in [0.5, 0.6) is 0 Å². The van der Waals surface area contributed by atoms with Crippen LogP contribution in [-0.2, 0) is 11.0 Å². The predicted molar refractivity (Wildman–Crippen MR) is 61.4 cm³/mol. The molecule has 2 unspecified atom stereocenters. The average molecular weight is 306 g/mol. The molecule has 10 heteroatoms. The lowest BCUT2D eigenvalue weighted by atomic mass is 9.97. The van der Waals surface area contributed by atoms with E-state index in [9.17, 15) is 18.0 Å². The van der Waals surface area contributed by atoms with Crippen molar-refractivity contribution in [1.29, 1.82) is 0 Å². The van der Waals surface area contributed by atoms with Gasteiger partial charge in [-0.1, -0.05) is 17.8 Å². The van der Waals surface area contributed by atoms with Crippen molar-refractivity contribution in [2.45, 2.75) is 31.4 Å². The second kappa shape index (κ2) is 4.40. The number of hydrogen-bond acceptors (Lipinski definition) is 5. The number of fused-ring (bicyclic) bond motifs is 1. The average Bonchev–Trinajstić information content (AvgIpc) is 3.00. The predicted octanol–water partition coefficient (Wildman–Crippen LogP) is 2.17. The molecule has 0 bridgehead atoms. The molecule has 2 atom stereocenters. The third-order valence-electron chi connectivity index (χ3n) is 3.41. The van der Waals surface area contributed by atoms with Gasteiger partial charge in [0.05, 0.1) is 5.92 Å².